The highest BCUT2D eigenvalue weighted by molar-refractivity contribution is 6.07. The van der Waals surface area contributed by atoms with Crippen LogP contribution in [0, 0.1) is 0 Å². The first-order valence-electron chi connectivity index (χ1n) is 6.68. The van der Waals surface area contributed by atoms with Gasteiger partial charge in [-0.2, -0.15) is 0 Å². The molecule has 4 atom stereocenters. The molecule has 1 aliphatic heterocycles. The SMILES string of the molecule is N/C(=N\O)c1cn([C@@H]2O[C@H](CO)[C@@H](O)[C@H]2O)c2nc[nH]c(=O)c12. The summed E-state index contributed by atoms with van der Waals surface area (Å²) in [4.78, 5) is 18.4. The van der Waals surface area contributed by atoms with Crippen LogP contribution in [0.1, 0.15) is 11.8 Å². The summed E-state index contributed by atoms with van der Waals surface area (Å²) in [6, 6.07) is 0. The van der Waals surface area contributed by atoms with E-state index in [1.54, 1.807) is 0 Å². The number of amidine groups is 1. The van der Waals surface area contributed by atoms with Crippen molar-refractivity contribution in [3.05, 3.63) is 28.4 Å². The second-order valence-electron chi connectivity index (χ2n) is 5.09. The molecule has 11 nitrogen and oxygen atoms in total. The minimum absolute atomic E-state index is 0.0422. The maximum Gasteiger partial charge on any atom is 0.260 e. The molecule has 0 unspecified atom stereocenters. The van der Waals surface area contributed by atoms with Crippen molar-refractivity contribution in [2.45, 2.75) is 24.5 Å². The first kappa shape index (κ1) is 15.4. The fourth-order valence-corrected chi connectivity index (χ4v) is 2.65. The summed E-state index contributed by atoms with van der Waals surface area (Å²) in [7, 11) is 0. The lowest BCUT2D eigenvalue weighted by molar-refractivity contribution is -0.0508. The smallest absolute Gasteiger partial charge is 0.260 e. The topological polar surface area (TPSA) is 179 Å². The zero-order valence-corrected chi connectivity index (χ0v) is 11.7. The first-order valence-corrected chi connectivity index (χ1v) is 6.68. The zero-order chi connectivity index (χ0) is 16.7. The van der Waals surface area contributed by atoms with Crippen LogP contribution in [0.15, 0.2) is 22.5 Å². The van der Waals surface area contributed by atoms with Crippen LogP contribution in [0.3, 0.4) is 0 Å². The molecule has 7 N–H and O–H groups in total. The summed E-state index contributed by atoms with van der Waals surface area (Å²) in [6.07, 6.45) is -2.28. The van der Waals surface area contributed by atoms with Crippen LogP contribution in [0.2, 0.25) is 0 Å². The minimum Gasteiger partial charge on any atom is -0.409 e. The lowest BCUT2D eigenvalue weighted by Gasteiger charge is -2.17. The van der Waals surface area contributed by atoms with Crippen molar-refractivity contribution >= 4 is 16.9 Å². The van der Waals surface area contributed by atoms with Crippen LogP contribution in [0.25, 0.3) is 11.0 Å². The lowest BCUT2D eigenvalue weighted by atomic mass is 10.1. The van der Waals surface area contributed by atoms with Gasteiger partial charge in [-0.1, -0.05) is 5.16 Å². The Balaban J connectivity index is 2.20. The van der Waals surface area contributed by atoms with E-state index in [0.717, 1.165) is 6.33 Å². The highest BCUT2D eigenvalue weighted by atomic mass is 16.6. The number of fused-ring (bicyclic) bond motifs is 1. The molecule has 2 aromatic rings. The maximum atomic E-state index is 12.0. The number of hydrogen-bond donors (Lipinski definition) is 6. The molecule has 0 bridgehead atoms. The average molecular weight is 325 g/mol. The Labute approximate surface area is 128 Å². The Morgan fingerprint density at radius 2 is 2.22 bits per heavy atom. The van der Waals surface area contributed by atoms with Crippen molar-refractivity contribution in [3.8, 4) is 0 Å². The van der Waals surface area contributed by atoms with Crippen LogP contribution in [0.5, 0.6) is 0 Å². The predicted octanol–water partition coefficient (Wildman–Crippen LogP) is -2.57. The molecule has 1 fully saturated rings. The number of nitrogens with zero attached hydrogens (tertiary/aromatic N) is 3. The molecule has 0 spiro atoms. The van der Waals surface area contributed by atoms with Gasteiger partial charge in [-0.3, -0.25) is 4.79 Å². The first-order chi connectivity index (χ1) is 11.0. The summed E-state index contributed by atoms with van der Waals surface area (Å²) in [5.41, 5.74) is 5.25. The van der Waals surface area contributed by atoms with Crippen molar-refractivity contribution in [2.24, 2.45) is 10.9 Å². The molecule has 124 valence electrons. The number of hydrogen-bond acceptors (Lipinski definition) is 8. The van der Waals surface area contributed by atoms with Gasteiger partial charge in [-0.05, 0) is 0 Å². The zero-order valence-electron chi connectivity index (χ0n) is 11.7. The van der Waals surface area contributed by atoms with Crippen LogP contribution >= 0.6 is 0 Å². The van der Waals surface area contributed by atoms with Gasteiger partial charge in [0, 0.05) is 6.20 Å². The van der Waals surface area contributed by atoms with E-state index in [4.69, 9.17) is 20.8 Å². The molecule has 3 rings (SSSR count). The van der Waals surface area contributed by atoms with Gasteiger partial charge in [-0.15, -0.1) is 0 Å². The Morgan fingerprint density at radius 3 is 2.83 bits per heavy atom. The monoisotopic (exact) mass is 325 g/mol. The standard InChI is InChI=1S/C12H15N5O6/c13-9(16-22)4-1-17(10-6(4)11(21)15-3-14-10)12-8(20)7(19)5(2-18)23-12/h1,3,5,7-8,12,18-20,22H,2H2,(H2,13,16)(H,14,15,21)/t5-,7-,8-,12-/m1/s1. The molecule has 3 heterocycles. The van der Waals surface area contributed by atoms with E-state index >= 15 is 0 Å². The Kier molecular flexibility index (Phi) is 3.77. The van der Waals surface area contributed by atoms with Gasteiger partial charge in [0.1, 0.15) is 24.0 Å². The maximum absolute atomic E-state index is 12.0. The van der Waals surface area contributed by atoms with Gasteiger partial charge in [-0.25, -0.2) is 4.98 Å². The van der Waals surface area contributed by atoms with E-state index in [-0.39, 0.29) is 22.4 Å². The number of nitrogens with one attached hydrogen (secondary N) is 1. The van der Waals surface area contributed by atoms with Crippen LogP contribution in [-0.2, 0) is 4.74 Å². The second-order valence-corrected chi connectivity index (χ2v) is 5.09. The molecular weight excluding hydrogens is 310 g/mol. The van der Waals surface area contributed by atoms with Crippen molar-refractivity contribution in [1.29, 1.82) is 0 Å². The highest BCUT2D eigenvalue weighted by Gasteiger charge is 2.44. The van der Waals surface area contributed by atoms with Crippen LogP contribution < -0.4 is 11.3 Å². The van der Waals surface area contributed by atoms with Crippen molar-refractivity contribution in [3.63, 3.8) is 0 Å². The Bertz CT molecular complexity index is 814. The number of aliphatic hydroxyl groups is 3. The van der Waals surface area contributed by atoms with E-state index in [9.17, 15) is 15.0 Å². The van der Waals surface area contributed by atoms with E-state index in [0.29, 0.717) is 0 Å². The van der Waals surface area contributed by atoms with Gasteiger partial charge in [0.2, 0.25) is 0 Å². The van der Waals surface area contributed by atoms with Crippen LogP contribution in [-0.4, -0.2) is 65.8 Å². The Morgan fingerprint density at radius 1 is 1.48 bits per heavy atom. The fraction of sp³-hybridized carbons (Fsp3) is 0.417. The molecule has 11 heteroatoms. The van der Waals surface area contributed by atoms with Crippen molar-refractivity contribution in [1.82, 2.24) is 14.5 Å². The molecule has 0 aliphatic carbocycles. The van der Waals surface area contributed by atoms with E-state index in [1.807, 2.05) is 0 Å². The normalized spacial score (nSPS) is 28.6. The third-order valence-electron chi connectivity index (χ3n) is 3.79. The van der Waals surface area contributed by atoms with E-state index in [2.05, 4.69) is 15.1 Å². The molecule has 0 saturated carbocycles. The molecular formula is C12H15N5O6. The number of oxime groups is 1. The third-order valence-corrected chi connectivity index (χ3v) is 3.79. The number of aromatic nitrogens is 3. The van der Waals surface area contributed by atoms with Gasteiger partial charge >= 0.3 is 0 Å². The number of aliphatic hydroxyl groups excluding tert-OH is 3. The average Bonchev–Trinajstić information content (AvgIpc) is 3.07. The van der Waals surface area contributed by atoms with Gasteiger partial charge in [0.25, 0.3) is 5.56 Å². The van der Waals surface area contributed by atoms with Crippen molar-refractivity contribution < 1.29 is 25.3 Å². The number of nitrogens with two attached hydrogens (primary N) is 1. The lowest BCUT2D eigenvalue weighted by Crippen LogP contribution is -2.33. The Hall–Kier alpha value is -2.47. The highest BCUT2D eigenvalue weighted by Crippen LogP contribution is 2.32. The van der Waals surface area contributed by atoms with Gasteiger partial charge in [0.05, 0.1) is 23.9 Å². The van der Waals surface area contributed by atoms with Gasteiger partial charge in [0.15, 0.2) is 12.1 Å². The largest absolute Gasteiger partial charge is 0.409 e. The number of ether oxygens (including phenoxy) is 1. The van der Waals surface area contributed by atoms with E-state index < -0.39 is 36.7 Å². The van der Waals surface area contributed by atoms with Gasteiger partial charge < -0.3 is 40.5 Å². The van der Waals surface area contributed by atoms with E-state index in [1.165, 1.54) is 10.8 Å². The molecule has 0 radical (unpaired) electrons. The summed E-state index contributed by atoms with van der Waals surface area (Å²) >= 11 is 0. The fourth-order valence-electron chi connectivity index (χ4n) is 2.65. The summed E-state index contributed by atoms with van der Waals surface area (Å²) in [5.74, 6) is -0.320. The molecule has 23 heavy (non-hydrogen) atoms. The number of rotatable bonds is 3. The minimum atomic E-state index is -1.36. The third kappa shape index (κ3) is 2.26. The molecule has 1 aliphatic rings. The molecule has 0 aromatic carbocycles. The predicted molar refractivity (Wildman–Crippen MR) is 75.9 cm³/mol. The summed E-state index contributed by atoms with van der Waals surface area (Å²) < 4.78 is 6.71. The number of H-pyrrole nitrogens is 1. The van der Waals surface area contributed by atoms with Crippen molar-refractivity contribution in [2.75, 3.05) is 6.61 Å². The molecule has 0 amide bonds. The molecule has 2 aromatic heterocycles. The van der Waals surface area contributed by atoms with Crippen LogP contribution in [0.4, 0.5) is 0 Å². The number of aromatic amines is 1. The quantitative estimate of drug-likeness (QED) is 0.154. The second kappa shape index (κ2) is 5.62. The summed E-state index contributed by atoms with van der Waals surface area (Å²) in [6.45, 7) is -0.491. The molecule has 1 saturated heterocycles. The summed E-state index contributed by atoms with van der Waals surface area (Å²) in [5, 5.41) is 40.9.